The number of ether oxygens (including phenoxy) is 1. The van der Waals surface area contributed by atoms with Gasteiger partial charge in [0.2, 0.25) is 0 Å². The molecule has 3 nitrogen and oxygen atoms in total. The van der Waals surface area contributed by atoms with Crippen LogP contribution in [0.25, 0.3) is 0 Å². The second-order valence-corrected chi connectivity index (χ2v) is 8.69. The molecular formula is C20H24FNO2. The zero-order valence-corrected chi connectivity index (χ0v) is 13.9. The number of piperidine rings is 1. The average molecular weight is 329 g/mol. The molecule has 5 aliphatic rings. The number of benzene rings is 1. The molecule has 128 valence electrons. The molecule has 1 aromatic rings. The van der Waals surface area contributed by atoms with Crippen molar-refractivity contribution in [1.82, 2.24) is 4.90 Å². The van der Waals surface area contributed by atoms with Gasteiger partial charge in [0, 0.05) is 23.6 Å². The molecule has 1 N–H and O–H groups in total. The molecule has 2 unspecified atom stereocenters. The normalized spacial score (nSPS) is 42.5. The highest BCUT2D eigenvalue weighted by Crippen LogP contribution is 2.64. The van der Waals surface area contributed by atoms with E-state index < -0.39 is 6.17 Å². The molecule has 24 heavy (non-hydrogen) atoms. The summed E-state index contributed by atoms with van der Waals surface area (Å²) in [5, 5.41) is 10.3. The number of phenols is 1. The van der Waals surface area contributed by atoms with Crippen LogP contribution in [0.1, 0.15) is 43.2 Å². The van der Waals surface area contributed by atoms with Gasteiger partial charge >= 0.3 is 0 Å². The predicted octanol–water partition coefficient (Wildman–Crippen LogP) is 3.18. The largest absolute Gasteiger partial charge is 0.504 e. The van der Waals surface area contributed by atoms with Crippen LogP contribution in [-0.4, -0.2) is 41.4 Å². The Balaban J connectivity index is 1.52. The zero-order valence-electron chi connectivity index (χ0n) is 13.9. The predicted molar refractivity (Wildman–Crippen MR) is 88.2 cm³/mol. The van der Waals surface area contributed by atoms with Crippen molar-refractivity contribution in [1.29, 1.82) is 0 Å². The van der Waals surface area contributed by atoms with E-state index in [0.29, 0.717) is 24.1 Å². The number of hydrogen-bond donors (Lipinski definition) is 1. The highest BCUT2D eigenvalue weighted by atomic mass is 19.1. The monoisotopic (exact) mass is 329 g/mol. The van der Waals surface area contributed by atoms with E-state index in [4.69, 9.17) is 4.74 Å². The summed E-state index contributed by atoms with van der Waals surface area (Å²) < 4.78 is 21.0. The van der Waals surface area contributed by atoms with Crippen molar-refractivity contribution in [3.8, 4) is 11.5 Å². The first kappa shape index (κ1) is 13.9. The molecule has 0 amide bonds. The van der Waals surface area contributed by atoms with Crippen molar-refractivity contribution in [2.24, 2.45) is 11.8 Å². The standard InChI is InChI=1S/C20H24FNO2/c21-14-5-4-13-15-9-12-3-6-16(23)18-17(12)20(13,19(14)24-18)7-8-22(15)10-11-1-2-11/h3,6,11,13-15,19,23H,1-2,4-5,7-10H2/t13?,14?,15-,19+,20+/m0/s1. The minimum absolute atomic E-state index is 0.190. The summed E-state index contributed by atoms with van der Waals surface area (Å²) in [6.45, 7) is 2.28. The van der Waals surface area contributed by atoms with Crippen LogP contribution in [0, 0.1) is 11.8 Å². The van der Waals surface area contributed by atoms with E-state index in [1.165, 1.54) is 30.5 Å². The van der Waals surface area contributed by atoms with E-state index in [1.807, 2.05) is 0 Å². The van der Waals surface area contributed by atoms with Crippen molar-refractivity contribution in [2.45, 2.75) is 62.3 Å². The third kappa shape index (κ3) is 1.56. The molecule has 0 aromatic heterocycles. The molecule has 2 aliphatic heterocycles. The van der Waals surface area contributed by atoms with Crippen LogP contribution >= 0.6 is 0 Å². The molecular weight excluding hydrogens is 305 g/mol. The van der Waals surface area contributed by atoms with Gasteiger partial charge in [0.25, 0.3) is 0 Å². The first-order chi connectivity index (χ1) is 11.7. The van der Waals surface area contributed by atoms with Crippen LogP contribution in [0.3, 0.4) is 0 Å². The van der Waals surface area contributed by atoms with Gasteiger partial charge in [-0.1, -0.05) is 6.07 Å². The van der Waals surface area contributed by atoms with Gasteiger partial charge in [-0.05, 0) is 68.5 Å². The van der Waals surface area contributed by atoms with E-state index in [2.05, 4.69) is 11.0 Å². The van der Waals surface area contributed by atoms with Crippen LogP contribution < -0.4 is 4.74 Å². The minimum Gasteiger partial charge on any atom is -0.504 e. The van der Waals surface area contributed by atoms with Crippen molar-refractivity contribution in [2.75, 3.05) is 13.1 Å². The van der Waals surface area contributed by atoms with E-state index in [-0.39, 0.29) is 17.3 Å². The van der Waals surface area contributed by atoms with Crippen molar-refractivity contribution in [3.63, 3.8) is 0 Å². The van der Waals surface area contributed by atoms with Crippen LogP contribution in [0.2, 0.25) is 0 Å². The fourth-order valence-electron chi connectivity index (χ4n) is 6.42. The third-order valence-corrected chi connectivity index (χ3v) is 7.55. The van der Waals surface area contributed by atoms with Gasteiger partial charge in [-0.25, -0.2) is 4.39 Å². The fraction of sp³-hybridized carbons (Fsp3) is 0.700. The van der Waals surface area contributed by atoms with Gasteiger partial charge in [-0.15, -0.1) is 0 Å². The molecule has 2 heterocycles. The molecule has 0 radical (unpaired) electrons. The Kier molecular flexibility index (Phi) is 2.59. The number of halogens is 1. The summed E-state index contributed by atoms with van der Waals surface area (Å²) >= 11 is 0. The fourth-order valence-corrected chi connectivity index (χ4v) is 6.42. The lowest BCUT2D eigenvalue weighted by Crippen LogP contribution is -2.66. The molecule has 1 aromatic carbocycles. The molecule has 3 aliphatic carbocycles. The Bertz CT molecular complexity index is 718. The zero-order chi connectivity index (χ0) is 16.1. The number of aromatic hydroxyl groups is 1. The third-order valence-electron chi connectivity index (χ3n) is 7.55. The van der Waals surface area contributed by atoms with E-state index in [9.17, 15) is 9.50 Å². The quantitative estimate of drug-likeness (QED) is 0.904. The highest BCUT2D eigenvalue weighted by Gasteiger charge is 2.66. The highest BCUT2D eigenvalue weighted by molar-refractivity contribution is 5.60. The molecule has 2 saturated carbocycles. The number of hydrogen-bond acceptors (Lipinski definition) is 3. The number of phenolic OH excluding ortho intramolecular Hbond substituents is 1. The molecule has 4 heteroatoms. The lowest BCUT2D eigenvalue weighted by molar-refractivity contribution is -0.0833. The van der Waals surface area contributed by atoms with Gasteiger partial charge in [0.1, 0.15) is 12.3 Å². The topological polar surface area (TPSA) is 32.7 Å². The van der Waals surface area contributed by atoms with Crippen LogP contribution in [0.4, 0.5) is 4.39 Å². The van der Waals surface area contributed by atoms with Crippen molar-refractivity contribution >= 4 is 0 Å². The van der Waals surface area contributed by atoms with Gasteiger partial charge < -0.3 is 9.84 Å². The maximum atomic E-state index is 14.8. The summed E-state index contributed by atoms with van der Waals surface area (Å²) in [5.41, 5.74) is 2.27. The number of rotatable bonds is 2. The lowest BCUT2D eigenvalue weighted by atomic mass is 9.51. The molecule has 2 bridgehead atoms. The van der Waals surface area contributed by atoms with E-state index in [0.717, 1.165) is 31.7 Å². The number of alkyl halides is 1. The summed E-state index contributed by atoms with van der Waals surface area (Å²) in [6, 6.07) is 4.34. The van der Waals surface area contributed by atoms with Gasteiger partial charge in [0.05, 0.1) is 0 Å². The smallest absolute Gasteiger partial charge is 0.165 e. The van der Waals surface area contributed by atoms with Crippen LogP contribution in [0.5, 0.6) is 11.5 Å². The van der Waals surface area contributed by atoms with Crippen molar-refractivity contribution < 1.29 is 14.2 Å². The molecule has 3 fully saturated rings. The molecule has 1 spiro atoms. The number of likely N-dealkylation sites (tertiary alicyclic amines) is 1. The maximum absolute atomic E-state index is 14.8. The first-order valence-electron chi connectivity index (χ1n) is 9.58. The maximum Gasteiger partial charge on any atom is 0.165 e. The molecule has 5 atom stereocenters. The van der Waals surface area contributed by atoms with Gasteiger partial charge in [-0.3, -0.25) is 4.90 Å². The average Bonchev–Trinajstić information content (AvgIpc) is 3.32. The van der Waals surface area contributed by atoms with E-state index >= 15 is 0 Å². The summed E-state index contributed by atoms with van der Waals surface area (Å²) in [4.78, 5) is 2.71. The van der Waals surface area contributed by atoms with E-state index in [1.54, 1.807) is 6.07 Å². The minimum atomic E-state index is -0.908. The lowest BCUT2D eigenvalue weighted by Gasteiger charge is -2.58. The molecule has 6 rings (SSSR count). The van der Waals surface area contributed by atoms with Crippen LogP contribution in [0.15, 0.2) is 12.1 Å². The Hall–Kier alpha value is -1.29. The molecule has 1 saturated heterocycles. The Morgan fingerprint density at radius 3 is 2.96 bits per heavy atom. The summed E-state index contributed by atoms with van der Waals surface area (Å²) in [5.74, 6) is 2.17. The second-order valence-electron chi connectivity index (χ2n) is 8.69. The summed E-state index contributed by atoms with van der Waals surface area (Å²) in [7, 11) is 0. The number of nitrogens with zero attached hydrogens (tertiary/aromatic N) is 1. The van der Waals surface area contributed by atoms with Crippen LogP contribution in [-0.2, 0) is 11.8 Å². The van der Waals surface area contributed by atoms with Gasteiger partial charge in [-0.2, -0.15) is 0 Å². The van der Waals surface area contributed by atoms with Crippen molar-refractivity contribution in [3.05, 3.63) is 23.3 Å². The van der Waals surface area contributed by atoms with Gasteiger partial charge in [0.15, 0.2) is 11.5 Å². The Morgan fingerprint density at radius 2 is 2.12 bits per heavy atom. The SMILES string of the molecule is Oc1ccc2c3c1O[C@@H]1C(F)CCC4[C@H](C2)N(CC2CC2)CC[C@]341. The Morgan fingerprint density at radius 1 is 1.25 bits per heavy atom. The Labute approximate surface area is 141 Å². The second kappa shape index (κ2) is 4.46. The summed E-state index contributed by atoms with van der Waals surface area (Å²) in [6.07, 6.45) is 5.05. The first-order valence-corrected chi connectivity index (χ1v) is 9.58.